The monoisotopic (exact) mass is 227 g/mol. The summed E-state index contributed by atoms with van der Waals surface area (Å²) in [5, 5.41) is 9.07. The summed E-state index contributed by atoms with van der Waals surface area (Å²) >= 11 is 0. The summed E-state index contributed by atoms with van der Waals surface area (Å²) in [4.78, 5) is 13.0. The third-order valence-electron chi connectivity index (χ3n) is 3.89. The molecule has 94 valence electrons. The fourth-order valence-corrected chi connectivity index (χ4v) is 2.72. The molecule has 0 radical (unpaired) electrons. The highest BCUT2D eigenvalue weighted by atomic mass is 16.4. The minimum absolute atomic E-state index is 0.306. The lowest BCUT2D eigenvalue weighted by atomic mass is 9.82. The largest absolute Gasteiger partial charge is 0.480 e. The van der Waals surface area contributed by atoms with Gasteiger partial charge >= 0.3 is 5.97 Å². The van der Waals surface area contributed by atoms with Crippen molar-refractivity contribution in [1.29, 1.82) is 0 Å². The standard InChI is InChI=1S/C13H25NO2/c1-4-12(13(15)16)14(3)9-11-7-5-10(2)6-8-11/h10-12H,4-9H2,1-3H3,(H,15,16). The molecule has 1 rings (SSSR count). The Hall–Kier alpha value is -0.570. The maximum Gasteiger partial charge on any atom is 0.320 e. The van der Waals surface area contributed by atoms with E-state index in [1.807, 2.05) is 18.9 Å². The van der Waals surface area contributed by atoms with E-state index in [1.165, 1.54) is 25.7 Å². The van der Waals surface area contributed by atoms with Gasteiger partial charge in [-0.2, -0.15) is 0 Å². The van der Waals surface area contributed by atoms with Crippen LogP contribution in [0.4, 0.5) is 0 Å². The Bertz CT molecular complexity index is 222. The minimum Gasteiger partial charge on any atom is -0.480 e. The van der Waals surface area contributed by atoms with Crippen LogP contribution in [0.2, 0.25) is 0 Å². The summed E-state index contributed by atoms with van der Waals surface area (Å²) in [7, 11) is 1.94. The first-order chi connectivity index (χ1) is 7.54. The molecule has 0 amide bonds. The first kappa shape index (κ1) is 13.5. The van der Waals surface area contributed by atoms with Gasteiger partial charge in [0.05, 0.1) is 0 Å². The van der Waals surface area contributed by atoms with E-state index >= 15 is 0 Å². The molecule has 0 aliphatic heterocycles. The first-order valence-electron chi connectivity index (χ1n) is 6.47. The average molecular weight is 227 g/mol. The average Bonchev–Trinajstić information content (AvgIpc) is 2.22. The molecular formula is C13H25NO2. The Labute approximate surface area is 98.8 Å². The lowest BCUT2D eigenvalue weighted by Gasteiger charge is -2.32. The molecule has 3 nitrogen and oxygen atoms in total. The normalized spacial score (nSPS) is 28.0. The van der Waals surface area contributed by atoms with Gasteiger partial charge in [-0.1, -0.05) is 26.7 Å². The van der Waals surface area contributed by atoms with Gasteiger partial charge in [-0.15, -0.1) is 0 Å². The van der Waals surface area contributed by atoms with Crippen LogP contribution in [0.5, 0.6) is 0 Å². The van der Waals surface area contributed by atoms with Crippen LogP contribution in [0.15, 0.2) is 0 Å². The van der Waals surface area contributed by atoms with Gasteiger partial charge in [0.1, 0.15) is 6.04 Å². The van der Waals surface area contributed by atoms with Crippen molar-refractivity contribution in [3.8, 4) is 0 Å². The van der Waals surface area contributed by atoms with Gasteiger partial charge in [0, 0.05) is 6.54 Å². The highest BCUT2D eigenvalue weighted by molar-refractivity contribution is 5.73. The molecule has 0 aromatic carbocycles. The van der Waals surface area contributed by atoms with E-state index in [0.717, 1.165) is 12.5 Å². The molecule has 0 bridgehead atoms. The molecule has 1 atom stereocenters. The van der Waals surface area contributed by atoms with Gasteiger partial charge in [-0.3, -0.25) is 9.69 Å². The molecule has 16 heavy (non-hydrogen) atoms. The molecule has 0 aromatic rings. The van der Waals surface area contributed by atoms with Crippen LogP contribution in [0, 0.1) is 11.8 Å². The SMILES string of the molecule is CCC(C(=O)O)N(C)CC1CCC(C)CC1. The Morgan fingerprint density at radius 3 is 2.38 bits per heavy atom. The van der Waals surface area contributed by atoms with Crippen molar-refractivity contribution in [3.05, 3.63) is 0 Å². The van der Waals surface area contributed by atoms with E-state index in [0.29, 0.717) is 12.3 Å². The second-order valence-electron chi connectivity index (χ2n) is 5.33. The van der Waals surface area contributed by atoms with Crippen molar-refractivity contribution in [2.45, 2.75) is 52.0 Å². The number of hydrogen-bond acceptors (Lipinski definition) is 2. The molecule has 1 fully saturated rings. The maximum absolute atomic E-state index is 11.0. The summed E-state index contributed by atoms with van der Waals surface area (Å²) in [5.41, 5.74) is 0. The van der Waals surface area contributed by atoms with Crippen molar-refractivity contribution in [1.82, 2.24) is 4.90 Å². The summed E-state index contributed by atoms with van der Waals surface area (Å²) in [5.74, 6) is 0.881. The zero-order chi connectivity index (χ0) is 12.1. The quantitative estimate of drug-likeness (QED) is 0.785. The van der Waals surface area contributed by atoms with Crippen molar-refractivity contribution in [3.63, 3.8) is 0 Å². The summed E-state index contributed by atoms with van der Waals surface area (Å²) in [6.45, 7) is 5.20. The topological polar surface area (TPSA) is 40.5 Å². The van der Waals surface area contributed by atoms with Gasteiger partial charge < -0.3 is 5.11 Å². The number of carboxylic acid groups (broad SMARTS) is 1. The number of rotatable bonds is 5. The number of carboxylic acids is 1. The van der Waals surface area contributed by atoms with E-state index in [1.54, 1.807) is 0 Å². The molecule has 1 aliphatic carbocycles. The fourth-order valence-electron chi connectivity index (χ4n) is 2.72. The molecule has 1 unspecified atom stereocenters. The van der Waals surface area contributed by atoms with Crippen LogP contribution >= 0.6 is 0 Å². The van der Waals surface area contributed by atoms with Crippen LogP contribution in [-0.2, 0) is 4.79 Å². The predicted molar refractivity (Wildman–Crippen MR) is 65.5 cm³/mol. The van der Waals surface area contributed by atoms with Gasteiger partial charge in [-0.25, -0.2) is 0 Å². The Morgan fingerprint density at radius 2 is 1.94 bits per heavy atom. The van der Waals surface area contributed by atoms with Crippen LogP contribution in [-0.4, -0.2) is 35.6 Å². The van der Waals surface area contributed by atoms with Crippen LogP contribution in [0.3, 0.4) is 0 Å². The third kappa shape index (κ3) is 3.78. The van der Waals surface area contributed by atoms with E-state index in [2.05, 4.69) is 6.92 Å². The predicted octanol–water partition coefficient (Wildman–Crippen LogP) is 2.61. The smallest absolute Gasteiger partial charge is 0.320 e. The molecular weight excluding hydrogens is 202 g/mol. The van der Waals surface area contributed by atoms with Gasteiger partial charge in [0.2, 0.25) is 0 Å². The number of aliphatic carboxylic acids is 1. The molecule has 0 aromatic heterocycles. The summed E-state index contributed by atoms with van der Waals surface area (Å²) < 4.78 is 0. The van der Waals surface area contributed by atoms with E-state index in [-0.39, 0.29) is 6.04 Å². The van der Waals surface area contributed by atoms with Crippen LogP contribution in [0.1, 0.15) is 46.0 Å². The lowest BCUT2D eigenvalue weighted by Crippen LogP contribution is -2.41. The number of hydrogen-bond donors (Lipinski definition) is 1. The molecule has 1 aliphatic rings. The lowest BCUT2D eigenvalue weighted by molar-refractivity contribution is -0.143. The highest BCUT2D eigenvalue weighted by Crippen LogP contribution is 2.29. The van der Waals surface area contributed by atoms with Crippen molar-refractivity contribution < 1.29 is 9.90 Å². The molecule has 3 heteroatoms. The zero-order valence-corrected chi connectivity index (χ0v) is 10.8. The van der Waals surface area contributed by atoms with E-state index < -0.39 is 5.97 Å². The Kier molecular flexibility index (Phi) is 5.26. The zero-order valence-electron chi connectivity index (χ0n) is 10.8. The van der Waals surface area contributed by atoms with Crippen molar-refractivity contribution >= 4 is 5.97 Å². The maximum atomic E-state index is 11.0. The molecule has 0 heterocycles. The number of carbonyl (C=O) groups is 1. The molecule has 1 N–H and O–H groups in total. The number of likely N-dealkylation sites (N-methyl/N-ethyl adjacent to an activating group) is 1. The van der Waals surface area contributed by atoms with Crippen LogP contribution in [0.25, 0.3) is 0 Å². The first-order valence-corrected chi connectivity index (χ1v) is 6.47. The van der Waals surface area contributed by atoms with Gasteiger partial charge in [-0.05, 0) is 38.1 Å². The van der Waals surface area contributed by atoms with E-state index in [9.17, 15) is 4.79 Å². The summed E-state index contributed by atoms with van der Waals surface area (Å²) in [6.07, 6.45) is 5.84. The fraction of sp³-hybridized carbons (Fsp3) is 0.923. The molecule has 0 spiro atoms. The second kappa shape index (κ2) is 6.24. The molecule has 1 saturated carbocycles. The van der Waals surface area contributed by atoms with Gasteiger partial charge in [0.15, 0.2) is 0 Å². The summed E-state index contributed by atoms with van der Waals surface area (Å²) in [6, 6.07) is -0.306. The second-order valence-corrected chi connectivity index (χ2v) is 5.33. The Balaban J connectivity index is 2.38. The third-order valence-corrected chi connectivity index (χ3v) is 3.89. The molecule has 0 saturated heterocycles. The highest BCUT2D eigenvalue weighted by Gasteiger charge is 2.25. The van der Waals surface area contributed by atoms with Crippen molar-refractivity contribution in [2.24, 2.45) is 11.8 Å². The van der Waals surface area contributed by atoms with Gasteiger partial charge in [0.25, 0.3) is 0 Å². The van der Waals surface area contributed by atoms with E-state index in [4.69, 9.17) is 5.11 Å². The number of nitrogens with zero attached hydrogens (tertiary/aromatic N) is 1. The minimum atomic E-state index is -0.686. The van der Waals surface area contributed by atoms with Crippen LogP contribution < -0.4 is 0 Å². The Morgan fingerprint density at radius 1 is 1.38 bits per heavy atom. The van der Waals surface area contributed by atoms with Crippen molar-refractivity contribution in [2.75, 3.05) is 13.6 Å².